The minimum atomic E-state index is 0.244. The van der Waals surface area contributed by atoms with Gasteiger partial charge in [-0.3, -0.25) is 4.98 Å². The summed E-state index contributed by atoms with van der Waals surface area (Å²) in [4.78, 5) is 6.55. The van der Waals surface area contributed by atoms with Crippen LogP contribution >= 0.6 is 0 Å². The smallest absolute Gasteiger partial charge is 0.0642 e. The van der Waals surface area contributed by atoms with E-state index in [4.69, 9.17) is 10.00 Å². The number of aromatic nitrogens is 1. The van der Waals surface area contributed by atoms with Gasteiger partial charge in [0, 0.05) is 25.7 Å². The van der Waals surface area contributed by atoms with E-state index >= 15 is 0 Å². The fraction of sp³-hybridized carbons (Fsp3) is 0.538. The quantitative estimate of drug-likeness (QED) is 0.797. The summed E-state index contributed by atoms with van der Waals surface area (Å²) < 4.78 is 5.33. The number of nitriles is 1. The van der Waals surface area contributed by atoms with Crippen LogP contribution in [0.25, 0.3) is 0 Å². The Balaban J connectivity index is 2.13. The third-order valence-electron chi connectivity index (χ3n) is 3.09. The van der Waals surface area contributed by atoms with Crippen molar-refractivity contribution in [3.05, 3.63) is 24.0 Å². The molecule has 0 amide bonds. The molecule has 1 saturated heterocycles. The summed E-state index contributed by atoms with van der Waals surface area (Å²) in [6.07, 6.45) is 4.27. The van der Waals surface area contributed by atoms with Gasteiger partial charge in [-0.1, -0.05) is 6.92 Å². The lowest BCUT2D eigenvalue weighted by atomic mass is 10.00. The molecule has 0 N–H and O–H groups in total. The molecule has 0 bridgehead atoms. The number of ether oxygens (including phenoxy) is 1. The number of rotatable bonds is 3. The van der Waals surface area contributed by atoms with Crippen molar-refractivity contribution >= 4 is 5.69 Å². The Morgan fingerprint density at radius 2 is 2.24 bits per heavy atom. The third-order valence-corrected chi connectivity index (χ3v) is 3.09. The fourth-order valence-electron chi connectivity index (χ4n) is 1.96. The Morgan fingerprint density at radius 1 is 1.47 bits per heavy atom. The largest absolute Gasteiger partial charge is 0.378 e. The summed E-state index contributed by atoms with van der Waals surface area (Å²) >= 11 is 0. The normalized spacial score (nSPS) is 17.5. The van der Waals surface area contributed by atoms with E-state index in [0.717, 1.165) is 37.6 Å². The Hall–Kier alpha value is -1.60. The van der Waals surface area contributed by atoms with E-state index in [0.29, 0.717) is 6.42 Å². The second kappa shape index (κ2) is 5.65. The van der Waals surface area contributed by atoms with Crippen molar-refractivity contribution in [1.29, 1.82) is 5.26 Å². The molecule has 2 heterocycles. The standard InChI is InChI=1S/C13H17N3O/c1-11(2-3-14)12-8-13(10-15-9-12)16-4-6-17-7-5-16/h8-11H,2,4-7H2,1H3. The first-order valence-electron chi connectivity index (χ1n) is 5.96. The van der Waals surface area contributed by atoms with Gasteiger partial charge in [-0.2, -0.15) is 5.26 Å². The van der Waals surface area contributed by atoms with Crippen LogP contribution in [-0.2, 0) is 4.74 Å². The van der Waals surface area contributed by atoms with Crippen LogP contribution in [0, 0.1) is 11.3 Å². The van der Waals surface area contributed by atoms with E-state index in [1.165, 1.54) is 0 Å². The van der Waals surface area contributed by atoms with Crippen LogP contribution in [0.4, 0.5) is 5.69 Å². The number of pyridine rings is 1. The zero-order valence-electron chi connectivity index (χ0n) is 10.1. The van der Waals surface area contributed by atoms with Crippen LogP contribution in [0.3, 0.4) is 0 Å². The van der Waals surface area contributed by atoms with E-state index in [1.54, 1.807) is 0 Å². The molecule has 90 valence electrons. The SMILES string of the molecule is CC(CC#N)c1cncc(N2CCOCC2)c1. The van der Waals surface area contributed by atoms with Crippen LogP contribution in [0.15, 0.2) is 18.5 Å². The Morgan fingerprint density at radius 3 is 2.94 bits per heavy atom. The molecule has 1 aliphatic rings. The second-order valence-corrected chi connectivity index (χ2v) is 4.34. The fourth-order valence-corrected chi connectivity index (χ4v) is 1.96. The van der Waals surface area contributed by atoms with E-state index in [9.17, 15) is 0 Å². The van der Waals surface area contributed by atoms with Crippen molar-refractivity contribution in [1.82, 2.24) is 4.98 Å². The van der Waals surface area contributed by atoms with Crippen LogP contribution in [-0.4, -0.2) is 31.3 Å². The predicted octanol–water partition coefficient (Wildman–Crippen LogP) is 1.94. The van der Waals surface area contributed by atoms with Crippen LogP contribution in [0.5, 0.6) is 0 Å². The Bertz CT molecular complexity index is 407. The van der Waals surface area contributed by atoms with Gasteiger partial charge in [-0.15, -0.1) is 0 Å². The molecule has 1 fully saturated rings. The van der Waals surface area contributed by atoms with Crippen LogP contribution < -0.4 is 4.90 Å². The first-order valence-corrected chi connectivity index (χ1v) is 5.96. The molecule has 0 aliphatic carbocycles. The zero-order chi connectivity index (χ0) is 12.1. The first kappa shape index (κ1) is 11.9. The summed E-state index contributed by atoms with van der Waals surface area (Å²) in [5.74, 6) is 0.244. The highest BCUT2D eigenvalue weighted by Crippen LogP contribution is 2.23. The monoisotopic (exact) mass is 231 g/mol. The van der Waals surface area contributed by atoms with Gasteiger partial charge < -0.3 is 9.64 Å². The van der Waals surface area contributed by atoms with Crippen molar-refractivity contribution in [2.75, 3.05) is 31.2 Å². The van der Waals surface area contributed by atoms with Gasteiger partial charge in [-0.05, 0) is 17.5 Å². The maximum absolute atomic E-state index is 8.72. The lowest BCUT2D eigenvalue weighted by Crippen LogP contribution is -2.36. The minimum absolute atomic E-state index is 0.244. The van der Waals surface area contributed by atoms with E-state index in [-0.39, 0.29) is 5.92 Å². The number of nitrogens with zero attached hydrogens (tertiary/aromatic N) is 3. The molecule has 4 heteroatoms. The first-order chi connectivity index (χ1) is 8.31. The number of hydrogen-bond acceptors (Lipinski definition) is 4. The summed E-state index contributed by atoms with van der Waals surface area (Å²) in [7, 11) is 0. The second-order valence-electron chi connectivity index (χ2n) is 4.34. The van der Waals surface area contributed by atoms with Crippen LogP contribution in [0.2, 0.25) is 0 Å². The molecule has 0 radical (unpaired) electrons. The molecule has 0 saturated carbocycles. The average molecular weight is 231 g/mol. The molecular formula is C13H17N3O. The number of morpholine rings is 1. The lowest BCUT2D eigenvalue weighted by molar-refractivity contribution is 0.122. The van der Waals surface area contributed by atoms with Crippen molar-refractivity contribution in [3.8, 4) is 6.07 Å². The molecule has 4 nitrogen and oxygen atoms in total. The highest BCUT2D eigenvalue weighted by atomic mass is 16.5. The summed E-state index contributed by atoms with van der Waals surface area (Å²) in [6.45, 7) is 5.44. The molecule has 1 aromatic heterocycles. The Kier molecular flexibility index (Phi) is 3.94. The van der Waals surface area contributed by atoms with Crippen molar-refractivity contribution in [2.24, 2.45) is 0 Å². The summed E-state index contributed by atoms with van der Waals surface area (Å²) in [5, 5.41) is 8.72. The molecule has 17 heavy (non-hydrogen) atoms. The summed E-state index contributed by atoms with van der Waals surface area (Å²) in [6, 6.07) is 4.34. The zero-order valence-corrected chi connectivity index (χ0v) is 10.1. The molecule has 0 spiro atoms. The maximum Gasteiger partial charge on any atom is 0.0642 e. The highest BCUT2D eigenvalue weighted by molar-refractivity contribution is 5.47. The topological polar surface area (TPSA) is 49.2 Å². The maximum atomic E-state index is 8.72. The lowest BCUT2D eigenvalue weighted by Gasteiger charge is -2.29. The van der Waals surface area contributed by atoms with Crippen molar-refractivity contribution < 1.29 is 4.74 Å². The van der Waals surface area contributed by atoms with E-state index in [2.05, 4.69) is 28.9 Å². The van der Waals surface area contributed by atoms with E-state index in [1.807, 2.05) is 12.4 Å². The molecule has 0 aromatic carbocycles. The van der Waals surface area contributed by atoms with E-state index < -0.39 is 0 Å². The predicted molar refractivity (Wildman–Crippen MR) is 65.9 cm³/mol. The van der Waals surface area contributed by atoms with Gasteiger partial charge in [-0.25, -0.2) is 0 Å². The van der Waals surface area contributed by atoms with Gasteiger partial charge in [0.25, 0.3) is 0 Å². The molecule has 1 aromatic rings. The van der Waals surface area contributed by atoms with Crippen LogP contribution in [0.1, 0.15) is 24.8 Å². The molecule has 1 aliphatic heterocycles. The minimum Gasteiger partial charge on any atom is -0.378 e. The van der Waals surface area contributed by atoms with Gasteiger partial charge in [0.2, 0.25) is 0 Å². The van der Waals surface area contributed by atoms with Gasteiger partial charge in [0.1, 0.15) is 0 Å². The molecule has 2 rings (SSSR count). The molecule has 1 unspecified atom stereocenters. The van der Waals surface area contributed by atoms with Crippen molar-refractivity contribution in [2.45, 2.75) is 19.3 Å². The van der Waals surface area contributed by atoms with Gasteiger partial charge in [0.15, 0.2) is 0 Å². The van der Waals surface area contributed by atoms with Gasteiger partial charge in [0.05, 0.1) is 31.2 Å². The number of hydrogen-bond donors (Lipinski definition) is 0. The Labute approximate surface area is 102 Å². The summed E-state index contributed by atoms with van der Waals surface area (Å²) in [5.41, 5.74) is 2.27. The average Bonchev–Trinajstić information content (AvgIpc) is 2.40. The van der Waals surface area contributed by atoms with Crippen molar-refractivity contribution in [3.63, 3.8) is 0 Å². The highest BCUT2D eigenvalue weighted by Gasteiger charge is 2.13. The number of anilines is 1. The molecule has 1 atom stereocenters. The third kappa shape index (κ3) is 2.95. The molecular weight excluding hydrogens is 214 g/mol. The van der Waals surface area contributed by atoms with Gasteiger partial charge >= 0.3 is 0 Å².